The minimum Gasteiger partial charge on any atom is -0.399 e. The fourth-order valence-electron chi connectivity index (χ4n) is 3.39. The minimum absolute atomic E-state index is 0.165. The van der Waals surface area contributed by atoms with Crippen LogP contribution in [0.25, 0.3) is 22.3 Å². The van der Waals surface area contributed by atoms with Crippen LogP contribution in [0.1, 0.15) is 12.8 Å². The first-order valence-corrected chi connectivity index (χ1v) is 8.22. The summed E-state index contributed by atoms with van der Waals surface area (Å²) in [6, 6.07) is 7.57. The number of hydrogen-bond acceptors (Lipinski definition) is 6. The zero-order chi connectivity index (χ0) is 17.4. The molecule has 1 aliphatic rings. The van der Waals surface area contributed by atoms with Crippen molar-refractivity contribution in [2.45, 2.75) is 12.8 Å². The van der Waals surface area contributed by atoms with Gasteiger partial charge in [-0.25, -0.2) is 9.97 Å². The lowest BCUT2D eigenvalue weighted by Crippen LogP contribution is -2.41. The molecule has 0 radical (unpaired) electrons. The molecule has 3 heterocycles. The van der Waals surface area contributed by atoms with E-state index in [1.807, 2.05) is 24.3 Å². The van der Waals surface area contributed by atoms with Gasteiger partial charge in [0.1, 0.15) is 12.1 Å². The maximum Gasteiger partial charge on any atom is 0.222 e. The smallest absolute Gasteiger partial charge is 0.222 e. The number of benzene rings is 1. The lowest BCUT2D eigenvalue weighted by atomic mass is 9.97. The van der Waals surface area contributed by atoms with Gasteiger partial charge in [-0.1, -0.05) is 12.1 Å². The molecule has 3 aromatic rings. The molecule has 8 heteroatoms. The summed E-state index contributed by atoms with van der Waals surface area (Å²) in [4.78, 5) is 22.4. The molecule has 0 saturated carbocycles. The Balaban J connectivity index is 1.82. The van der Waals surface area contributed by atoms with Crippen LogP contribution in [0.2, 0.25) is 0 Å². The van der Waals surface area contributed by atoms with E-state index in [1.54, 1.807) is 0 Å². The van der Waals surface area contributed by atoms with Gasteiger partial charge in [-0.2, -0.15) is 5.10 Å². The summed E-state index contributed by atoms with van der Waals surface area (Å²) >= 11 is 0. The van der Waals surface area contributed by atoms with Crippen LogP contribution < -0.4 is 16.4 Å². The van der Waals surface area contributed by atoms with Gasteiger partial charge in [-0.15, -0.1) is 0 Å². The van der Waals surface area contributed by atoms with E-state index in [4.69, 9.17) is 11.5 Å². The molecule has 1 unspecified atom stereocenters. The number of hydrogen-bond donors (Lipinski definition) is 3. The summed E-state index contributed by atoms with van der Waals surface area (Å²) in [6.07, 6.45) is 3.20. The number of nitrogens with one attached hydrogen (secondary N) is 1. The molecule has 5 N–H and O–H groups in total. The molecule has 128 valence electrons. The molecule has 0 bridgehead atoms. The second-order valence-corrected chi connectivity index (χ2v) is 6.31. The van der Waals surface area contributed by atoms with E-state index in [2.05, 4.69) is 25.1 Å². The summed E-state index contributed by atoms with van der Waals surface area (Å²) < 4.78 is 0. The number of nitrogens with two attached hydrogens (primary N) is 2. The monoisotopic (exact) mass is 337 g/mol. The Bertz CT molecular complexity index is 936. The molecule has 1 atom stereocenters. The van der Waals surface area contributed by atoms with E-state index >= 15 is 0 Å². The van der Waals surface area contributed by atoms with E-state index in [9.17, 15) is 4.79 Å². The molecule has 1 saturated heterocycles. The summed E-state index contributed by atoms with van der Waals surface area (Å²) in [5, 5.41) is 8.18. The zero-order valence-corrected chi connectivity index (χ0v) is 13.6. The molecule has 1 aliphatic heterocycles. The Kier molecular flexibility index (Phi) is 3.72. The van der Waals surface area contributed by atoms with Gasteiger partial charge >= 0.3 is 0 Å². The van der Waals surface area contributed by atoms with Crippen molar-refractivity contribution >= 4 is 28.4 Å². The predicted octanol–water partition coefficient (Wildman–Crippen LogP) is 1.30. The van der Waals surface area contributed by atoms with E-state index in [0.717, 1.165) is 41.8 Å². The van der Waals surface area contributed by atoms with Crippen molar-refractivity contribution in [3.05, 3.63) is 30.6 Å². The van der Waals surface area contributed by atoms with Crippen molar-refractivity contribution in [1.82, 2.24) is 20.2 Å². The van der Waals surface area contributed by atoms with Crippen molar-refractivity contribution in [3.8, 4) is 11.3 Å². The summed E-state index contributed by atoms with van der Waals surface area (Å²) in [5.74, 6) is 0.335. The van der Waals surface area contributed by atoms with Crippen molar-refractivity contribution in [2.75, 3.05) is 23.7 Å². The fraction of sp³-hybridized carbons (Fsp3) is 0.294. The molecule has 4 rings (SSSR count). The molecule has 1 aromatic carbocycles. The van der Waals surface area contributed by atoms with Gasteiger partial charge in [-0.3, -0.25) is 9.89 Å². The number of fused-ring (bicyclic) bond motifs is 1. The number of carbonyl (C=O) groups is 1. The van der Waals surface area contributed by atoms with E-state index < -0.39 is 0 Å². The van der Waals surface area contributed by atoms with Crippen LogP contribution in [0.5, 0.6) is 0 Å². The van der Waals surface area contributed by atoms with Gasteiger partial charge in [0.15, 0.2) is 5.65 Å². The first-order valence-electron chi connectivity index (χ1n) is 8.22. The molecule has 1 fully saturated rings. The highest BCUT2D eigenvalue weighted by Gasteiger charge is 2.27. The van der Waals surface area contributed by atoms with Gasteiger partial charge in [0, 0.05) is 24.3 Å². The van der Waals surface area contributed by atoms with Gasteiger partial charge < -0.3 is 16.4 Å². The number of rotatable bonds is 3. The predicted molar refractivity (Wildman–Crippen MR) is 95.7 cm³/mol. The van der Waals surface area contributed by atoms with Crippen LogP contribution in [0.4, 0.5) is 11.5 Å². The molecular weight excluding hydrogens is 318 g/mol. The number of piperidine rings is 1. The Morgan fingerprint density at radius 3 is 3.00 bits per heavy atom. The van der Waals surface area contributed by atoms with Crippen molar-refractivity contribution in [3.63, 3.8) is 0 Å². The Morgan fingerprint density at radius 1 is 1.32 bits per heavy atom. The highest BCUT2D eigenvalue weighted by molar-refractivity contribution is 5.99. The number of nitrogens with zero attached hydrogens (tertiary/aromatic N) is 4. The number of nitrogen functional groups attached to an aromatic ring is 1. The molecule has 2 aromatic heterocycles. The molecule has 8 nitrogen and oxygen atoms in total. The van der Waals surface area contributed by atoms with Crippen LogP contribution in [0, 0.1) is 5.92 Å². The third kappa shape index (κ3) is 2.75. The number of aromatic nitrogens is 4. The maximum absolute atomic E-state index is 11.6. The molecular formula is C17H19N7O. The number of primary amides is 1. The van der Waals surface area contributed by atoms with Crippen molar-refractivity contribution in [1.29, 1.82) is 0 Å². The standard InChI is InChI=1S/C17H19N7O/c18-12-5-1-3-10(7-12)14-13-16(23-22-14)20-9-21-17(13)24-6-2-4-11(8-24)15(19)25/h1,3,5,7,9,11H,2,4,6,8,18H2,(H2,19,25)(H,20,21,22,23). The third-order valence-electron chi connectivity index (χ3n) is 4.63. The number of aromatic amines is 1. The van der Waals surface area contributed by atoms with Crippen LogP contribution >= 0.6 is 0 Å². The second-order valence-electron chi connectivity index (χ2n) is 6.31. The highest BCUT2D eigenvalue weighted by atomic mass is 16.1. The largest absolute Gasteiger partial charge is 0.399 e. The average Bonchev–Trinajstić information content (AvgIpc) is 3.06. The van der Waals surface area contributed by atoms with Gasteiger partial charge in [0.05, 0.1) is 17.0 Å². The third-order valence-corrected chi connectivity index (χ3v) is 4.63. The molecule has 1 amide bonds. The van der Waals surface area contributed by atoms with Crippen molar-refractivity contribution < 1.29 is 4.79 Å². The lowest BCUT2D eigenvalue weighted by molar-refractivity contribution is -0.122. The lowest BCUT2D eigenvalue weighted by Gasteiger charge is -2.32. The number of carbonyl (C=O) groups excluding carboxylic acids is 1. The van der Waals surface area contributed by atoms with Gasteiger partial charge in [0.25, 0.3) is 0 Å². The zero-order valence-electron chi connectivity index (χ0n) is 13.6. The number of amides is 1. The quantitative estimate of drug-likeness (QED) is 0.618. The first-order chi connectivity index (χ1) is 12.1. The fourth-order valence-corrected chi connectivity index (χ4v) is 3.39. The molecule has 25 heavy (non-hydrogen) atoms. The van der Waals surface area contributed by atoms with E-state index in [-0.39, 0.29) is 11.8 Å². The normalized spacial score (nSPS) is 17.8. The summed E-state index contributed by atoms with van der Waals surface area (Å²) in [6.45, 7) is 1.38. The number of anilines is 2. The van der Waals surface area contributed by atoms with Crippen LogP contribution in [-0.4, -0.2) is 39.2 Å². The van der Waals surface area contributed by atoms with Crippen molar-refractivity contribution in [2.24, 2.45) is 11.7 Å². The highest BCUT2D eigenvalue weighted by Crippen LogP contribution is 2.34. The molecule has 0 aliphatic carbocycles. The average molecular weight is 337 g/mol. The topological polar surface area (TPSA) is 127 Å². The Hall–Kier alpha value is -3.16. The van der Waals surface area contributed by atoms with Crippen LogP contribution in [0.3, 0.4) is 0 Å². The maximum atomic E-state index is 11.6. The van der Waals surface area contributed by atoms with E-state index in [0.29, 0.717) is 17.9 Å². The minimum atomic E-state index is -0.266. The SMILES string of the molecule is NC(=O)C1CCCN(c2ncnc3n[nH]c(-c4cccc(N)c4)c23)C1. The van der Waals surface area contributed by atoms with Gasteiger partial charge in [0.2, 0.25) is 5.91 Å². The van der Waals surface area contributed by atoms with E-state index in [1.165, 1.54) is 6.33 Å². The summed E-state index contributed by atoms with van der Waals surface area (Å²) in [7, 11) is 0. The summed E-state index contributed by atoms with van der Waals surface area (Å²) in [5.41, 5.74) is 14.4. The Labute approximate surface area is 144 Å². The van der Waals surface area contributed by atoms with Gasteiger partial charge in [-0.05, 0) is 25.0 Å². The Morgan fingerprint density at radius 2 is 2.20 bits per heavy atom. The first kappa shape index (κ1) is 15.4. The van der Waals surface area contributed by atoms with Crippen LogP contribution in [-0.2, 0) is 4.79 Å². The molecule has 0 spiro atoms. The number of H-pyrrole nitrogens is 1. The second kappa shape index (κ2) is 6.04. The van der Waals surface area contributed by atoms with Crippen LogP contribution in [0.15, 0.2) is 30.6 Å².